The van der Waals surface area contributed by atoms with E-state index in [-0.39, 0.29) is 5.41 Å². The fourth-order valence-corrected chi connectivity index (χ4v) is 3.60. The van der Waals surface area contributed by atoms with E-state index in [1.54, 1.807) is 0 Å². The molecule has 0 fully saturated rings. The van der Waals surface area contributed by atoms with Crippen LogP contribution < -0.4 is 5.32 Å². The molecule has 3 nitrogen and oxygen atoms in total. The Morgan fingerprint density at radius 3 is 2.29 bits per heavy atom. The zero-order chi connectivity index (χ0) is 15.6. The van der Waals surface area contributed by atoms with E-state index in [0.29, 0.717) is 0 Å². The predicted molar refractivity (Wildman–Crippen MR) is 99.9 cm³/mol. The first-order valence-corrected chi connectivity index (χ1v) is 8.67. The van der Waals surface area contributed by atoms with Crippen LogP contribution in [0.15, 0.2) is 28.7 Å². The van der Waals surface area contributed by atoms with Crippen molar-refractivity contribution in [3.63, 3.8) is 0 Å². The predicted octanol–water partition coefficient (Wildman–Crippen LogP) is 4.77. The molecule has 0 saturated carbocycles. The molecular formula is C16H19BrIN3. The highest BCUT2D eigenvalue weighted by molar-refractivity contribution is 14.1. The third-order valence-electron chi connectivity index (χ3n) is 3.12. The summed E-state index contributed by atoms with van der Waals surface area (Å²) >= 11 is 5.78. The molecule has 0 aliphatic heterocycles. The maximum Gasteiger partial charge on any atom is 0.143 e. The Bertz CT molecular complexity index is 633. The molecule has 0 aliphatic rings. The van der Waals surface area contributed by atoms with Crippen molar-refractivity contribution in [2.75, 3.05) is 12.4 Å². The summed E-state index contributed by atoms with van der Waals surface area (Å²) in [5, 5.41) is 3.18. The Labute approximate surface area is 148 Å². The minimum atomic E-state index is -0.000467. The summed E-state index contributed by atoms with van der Waals surface area (Å²) in [6.45, 7) is 6.54. The molecular weight excluding hydrogens is 441 g/mol. The van der Waals surface area contributed by atoms with Gasteiger partial charge in [-0.2, -0.15) is 0 Å². The molecule has 1 aromatic carbocycles. The second-order valence-corrected chi connectivity index (χ2v) is 7.95. The molecule has 0 radical (unpaired) electrons. The molecule has 0 unspecified atom stereocenters. The smallest absolute Gasteiger partial charge is 0.143 e. The topological polar surface area (TPSA) is 37.8 Å². The van der Waals surface area contributed by atoms with Crippen LogP contribution in [0.5, 0.6) is 0 Å². The van der Waals surface area contributed by atoms with Crippen LogP contribution in [0, 0.1) is 3.57 Å². The van der Waals surface area contributed by atoms with Crippen molar-refractivity contribution in [3.8, 4) is 0 Å². The van der Waals surface area contributed by atoms with Crippen molar-refractivity contribution >= 4 is 44.3 Å². The van der Waals surface area contributed by atoms with Gasteiger partial charge in [-0.1, -0.05) is 48.8 Å². The zero-order valence-electron chi connectivity index (χ0n) is 12.7. The number of benzene rings is 1. The largest absolute Gasteiger partial charge is 0.372 e. The van der Waals surface area contributed by atoms with Crippen molar-refractivity contribution in [3.05, 3.63) is 49.4 Å². The molecule has 21 heavy (non-hydrogen) atoms. The normalized spacial score (nSPS) is 11.5. The van der Waals surface area contributed by atoms with Crippen LogP contribution in [0.3, 0.4) is 0 Å². The molecule has 2 aromatic rings. The molecule has 2 rings (SSSR count). The highest BCUT2D eigenvalue weighted by atomic mass is 127. The van der Waals surface area contributed by atoms with Gasteiger partial charge in [0.05, 0.1) is 9.26 Å². The van der Waals surface area contributed by atoms with Gasteiger partial charge in [-0.25, -0.2) is 9.97 Å². The second kappa shape index (κ2) is 6.60. The lowest BCUT2D eigenvalue weighted by molar-refractivity contribution is 0.559. The van der Waals surface area contributed by atoms with Crippen LogP contribution in [0.4, 0.5) is 5.82 Å². The van der Waals surface area contributed by atoms with Gasteiger partial charge in [-0.15, -0.1) is 0 Å². The third kappa shape index (κ3) is 4.16. The minimum absolute atomic E-state index is 0.000467. The van der Waals surface area contributed by atoms with Gasteiger partial charge >= 0.3 is 0 Å². The number of nitrogens with one attached hydrogen (secondary N) is 1. The van der Waals surface area contributed by atoms with Crippen molar-refractivity contribution in [2.45, 2.75) is 32.6 Å². The fourth-order valence-electron chi connectivity index (χ4n) is 2.02. The first-order valence-electron chi connectivity index (χ1n) is 6.80. The molecule has 112 valence electrons. The Hall–Kier alpha value is -0.690. The zero-order valence-corrected chi connectivity index (χ0v) is 16.4. The maximum atomic E-state index is 4.80. The molecule has 1 heterocycles. The van der Waals surface area contributed by atoms with Gasteiger partial charge in [0.2, 0.25) is 0 Å². The molecule has 0 atom stereocenters. The van der Waals surface area contributed by atoms with Gasteiger partial charge in [0.15, 0.2) is 0 Å². The van der Waals surface area contributed by atoms with Crippen LogP contribution in [-0.4, -0.2) is 17.0 Å². The van der Waals surface area contributed by atoms with Gasteiger partial charge in [0.1, 0.15) is 11.6 Å². The standard InChI is InChI=1S/C16H19BrIN3/c1-16(2,3)14-13(18)15(19-4)21-12(20-14)9-10-5-7-11(17)8-6-10/h5-8H,9H2,1-4H3,(H,19,20,21). The fraction of sp³-hybridized carbons (Fsp3) is 0.375. The molecule has 1 N–H and O–H groups in total. The van der Waals surface area contributed by atoms with Crippen LogP contribution in [0.25, 0.3) is 0 Å². The van der Waals surface area contributed by atoms with E-state index >= 15 is 0 Å². The Morgan fingerprint density at radius 1 is 1.14 bits per heavy atom. The van der Waals surface area contributed by atoms with Crippen molar-refractivity contribution in [1.82, 2.24) is 9.97 Å². The molecule has 5 heteroatoms. The SMILES string of the molecule is CNc1nc(Cc2ccc(Br)cc2)nc(C(C)(C)C)c1I. The van der Waals surface area contributed by atoms with Crippen molar-refractivity contribution in [2.24, 2.45) is 0 Å². The van der Waals surface area contributed by atoms with Gasteiger partial charge in [0, 0.05) is 23.4 Å². The van der Waals surface area contributed by atoms with Gasteiger partial charge in [-0.05, 0) is 40.3 Å². The van der Waals surface area contributed by atoms with Crippen LogP contribution in [-0.2, 0) is 11.8 Å². The highest BCUT2D eigenvalue weighted by Crippen LogP contribution is 2.29. The maximum absolute atomic E-state index is 4.80. The third-order valence-corrected chi connectivity index (χ3v) is 4.67. The number of halogens is 2. The number of anilines is 1. The summed E-state index contributed by atoms with van der Waals surface area (Å²) in [6.07, 6.45) is 0.738. The number of aromatic nitrogens is 2. The van der Waals surface area contributed by atoms with Crippen LogP contribution in [0.2, 0.25) is 0 Å². The first kappa shape index (κ1) is 16.7. The van der Waals surface area contributed by atoms with Gasteiger partial charge in [0.25, 0.3) is 0 Å². The number of nitrogens with zero attached hydrogens (tertiary/aromatic N) is 2. The Morgan fingerprint density at radius 2 is 1.76 bits per heavy atom. The lowest BCUT2D eigenvalue weighted by Crippen LogP contribution is -2.19. The average Bonchev–Trinajstić information content (AvgIpc) is 2.42. The number of hydrogen-bond acceptors (Lipinski definition) is 3. The molecule has 1 aromatic heterocycles. The van der Waals surface area contributed by atoms with E-state index in [4.69, 9.17) is 4.98 Å². The van der Waals surface area contributed by atoms with Gasteiger partial charge < -0.3 is 5.32 Å². The summed E-state index contributed by atoms with van der Waals surface area (Å²) in [5.74, 6) is 1.76. The van der Waals surface area contributed by atoms with E-state index in [1.165, 1.54) is 5.56 Å². The summed E-state index contributed by atoms with van der Waals surface area (Å²) in [4.78, 5) is 9.44. The highest BCUT2D eigenvalue weighted by Gasteiger charge is 2.22. The minimum Gasteiger partial charge on any atom is -0.372 e. The van der Waals surface area contributed by atoms with E-state index < -0.39 is 0 Å². The second-order valence-electron chi connectivity index (χ2n) is 5.95. The Balaban J connectivity index is 2.42. The van der Waals surface area contributed by atoms with Crippen molar-refractivity contribution < 1.29 is 0 Å². The number of hydrogen-bond donors (Lipinski definition) is 1. The van der Waals surface area contributed by atoms with E-state index in [1.807, 2.05) is 19.2 Å². The van der Waals surface area contributed by atoms with Crippen LogP contribution in [0.1, 0.15) is 37.9 Å². The summed E-state index contributed by atoms with van der Waals surface area (Å²) in [6, 6.07) is 8.29. The lowest BCUT2D eigenvalue weighted by atomic mass is 9.91. The monoisotopic (exact) mass is 459 g/mol. The molecule has 0 amide bonds. The molecule has 0 bridgehead atoms. The number of rotatable bonds is 3. The summed E-state index contributed by atoms with van der Waals surface area (Å²) < 4.78 is 2.18. The van der Waals surface area contributed by atoms with E-state index in [9.17, 15) is 0 Å². The first-order chi connectivity index (χ1) is 9.81. The summed E-state index contributed by atoms with van der Waals surface area (Å²) in [7, 11) is 1.90. The Kier molecular flexibility index (Phi) is 5.24. The van der Waals surface area contributed by atoms with E-state index in [2.05, 4.69) is 81.7 Å². The molecule has 0 aliphatic carbocycles. The lowest BCUT2D eigenvalue weighted by Gasteiger charge is -2.21. The molecule has 0 saturated heterocycles. The van der Waals surface area contributed by atoms with Crippen LogP contribution >= 0.6 is 38.5 Å². The quantitative estimate of drug-likeness (QED) is 0.671. The van der Waals surface area contributed by atoms with E-state index in [0.717, 1.165) is 31.8 Å². The van der Waals surface area contributed by atoms with Crippen molar-refractivity contribution in [1.29, 1.82) is 0 Å². The summed E-state index contributed by atoms with van der Waals surface area (Å²) in [5.41, 5.74) is 2.30. The average molecular weight is 460 g/mol. The van der Waals surface area contributed by atoms with Gasteiger partial charge in [-0.3, -0.25) is 0 Å². The molecule has 0 spiro atoms.